The van der Waals surface area contributed by atoms with Crippen LogP contribution in [0.25, 0.3) is 0 Å². The van der Waals surface area contributed by atoms with E-state index in [1.807, 2.05) is 0 Å². The fraction of sp³-hybridized carbons (Fsp3) is 0.562. The van der Waals surface area contributed by atoms with Crippen molar-refractivity contribution in [1.82, 2.24) is 5.32 Å². The molecule has 6 nitrogen and oxygen atoms in total. The quantitative estimate of drug-likeness (QED) is 0.714. The number of fused-ring (bicyclic) bond motifs is 1. The van der Waals surface area contributed by atoms with Gasteiger partial charge >= 0.3 is 7.60 Å². The van der Waals surface area contributed by atoms with Crippen LogP contribution in [0.15, 0.2) is 24.3 Å². The predicted molar refractivity (Wildman–Crippen MR) is 85.0 cm³/mol. The highest BCUT2D eigenvalue weighted by Crippen LogP contribution is 2.53. The molecular formula is C16H21FNO5P. The zero-order valence-electron chi connectivity index (χ0n) is 13.3. The maximum atomic E-state index is 13.4. The van der Waals surface area contributed by atoms with E-state index in [0.29, 0.717) is 18.4 Å². The number of ketones is 1. The second kappa shape index (κ2) is 6.65. The zero-order valence-corrected chi connectivity index (χ0v) is 14.2. The van der Waals surface area contributed by atoms with Gasteiger partial charge in [-0.2, -0.15) is 0 Å². The van der Waals surface area contributed by atoms with Crippen LogP contribution < -0.4 is 5.32 Å². The molecule has 1 aromatic carbocycles. The normalized spacial score (nSPS) is 34.0. The van der Waals surface area contributed by atoms with Gasteiger partial charge in [0.2, 0.25) is 0 Å². The number of benzene rings is 1. The smallest absolute Gasteiger partial charge is 0.332 e. The van der Waals surface area contributed by atoms with Gasteiger partial charge in [0.25, 0.3) is 0 Å². The van der Waals surface area contributed by atoms with Crippen LogP contribution in [0.3, 0.4) is 0 Å². The molecule has 5 atom stereocenters. The Morgan fingerprint density at radius 1 is 1.33 bits per heavy atom. The number of methoxy groups -OCH3 is 1. The number of halogens is 1. The summed E-state index contributed by atoms with van der Waals surface area (Å²) in [6, 6.07) is 5.37. The fourth-order valence-electron chi connectivity index (χ4n) is 4.04. The molecule has 1 aliphatic carbocycles. The van der Waals surface area contributed by atoms with Crippen molar-refractivity contribution < 1.29 is 28.3 Å². The van der Waals surface area contributed by atoms with Crippen LogP contribution in [0.4, 0.5) is 4.39 Å². The average Bonchev–Trinajstić information content (AvgIpc) is 2.52. The van der Waals surface area contributed by atoms with Crippen LogP contribution in [-0.4, -0.2) is 40.5 Å². The Balaban J connectivity index is 1.88. The molecule has 0 bridgehead atoms. The topological polar surface area (TPSA) is 95.9 Å². The van der Waals surface area contributed by atoms with Crippen LogP contribution >= 0.6 is 7.60 Å². The Bertz CT molecular complexity index is 678. The molecule has 1 aliphatic heterocycles. The lowest BCUT2D eigenvalue weighted by atomic mass is 9.74. The summed E-state index contributed by atoms with van der Waals surface area (Å²) in [5, 5.41) is 3.29. The lowest BCUT2D eigenvalue weighted by molar-refractivity contribution is -0.130. The molecule has 2 aliphatic rings. The molecule has 1 aromatic rings. The van der Waals surface area contributed by atoms with Gasteiger partial charge in [-0.25, -0.2) is 4.39 Å². The van der Waals surface area contributed by atoms with Gasteiger partial charge < -0.3 is 19.8 Å². The van der Waals surface area contributed by atoms with Crippen molar-refractivity contribution in [2.75, 3.05) is 7.11 Å². The standard InChI is InChI=1S/C16H21FNO5P/c1-23-14-6-5-11-15(16(14)24(20,21)22)13(19)8-12(18-11)9-3-2-4-10(17)7-9/h2-4,7,11-12,14-16,18H,5-6,8H2,1H3,(H2,20,21,22). The SMILES string of the molecule is COC1CCC2NC(c3cccc(F)c3)CC(=O)C2C1P(=O)(O)O. The molecule has 8 heteroatoms. The second-order valence-corrected chi connectivity index (χ2v) is 8.28. The molecule has 0 spiro atoms. The number of Topliss-reactive ketones (excluding diaryl/α,β-unsaturated/α-hetero) is 1. The minimum absolute atomic E-state index is 0.0809. The van der Waals surface area contributed by atoms with Crippen molar-refractivity contribution >= 4 is 13.4 Å². The number of carbonyl (C=O) groups excluding carboxylic acids is 1. The number of piperidine rings is 1. The van der Waals surface area contributed by atoms with Gasteiger partial charge in [-0.1, -0.05) is 12.1 Å². The van der Waals surface area contributed by atoms with Crippen LogP contribution in [-0.2, 0) is 14.1 Å². The molecule has 3 rings (SSSR count). The summed E-state index contributed by atoms with van der Waals surface area (Å²) in [7, 11) is -3.08. The highest BCUT2D eigenvalue weighted by molar-refractivity contribution is 7.52. The highest BCUT2D eigenvalue weighted by Gasteiger charge is 2.53. The monoisotopic (exact) mass is 357 g/mol. The van der Waals surface area contributed by atoms with Gasteiger partial charge in [-0.05, 0) is 30.5 Å². The third-order valence-electron chi connectivity index (χ3n) is 5.08. The van der Waals surface area contributed by atoms with E-state index in [0.717, 1.165) is 0 Å². The number of hydrogen-bond donors (Lipinski definition) is 3. The van der Waals surface area contributed by atoms with E-state index in [-0.39, 0.29) is 30.1 Å². The van der Waals surface area contributed by atoms with E-state index >= 15 is 0 Å². The van der Waals surface area contributed by atoms with Crippen LogP contribution in [0, 0.1) is 11.7 Å². The van der Waals surface area contributed by atoms with Crippen molar-refractivity contribution in [3.63, 3.8) is 0 Å². The summed E-state index contributed by atoms with van der Waals surface area (Å²) in [6.07, 6.45) is 0.488. The summed E-state index contributed by atoms with van der Waals surface area (Å²) in [5.41, 5.74) is -0.460. The Kier molecular flexibility index (Phi) is 4.91. The van der Waals surface area contributed by atoms with Crippen LogP contribution in [0.1, 0.15) is 30.9 Å². The van der Waals surface area contributed by atoms with E-state index in [2.05, 4.69) is 5.32 Å². The maximum absolute atomic E-state index is 13.4. The van der Waals surface area contributed by atoms with Crippen molar-refractivity contribution in [2.45, 2.75) is 43.1 Å². The first kappa shape index (κ1) is 17.7. The Morgan fingerprint density at radius 3 is 2.71 bits per heavy atom. The Labute approximate surface area is 139 Å². The first-order chi connectivity index (χ1) is 11.3. The minimum Gasteiger partial charge on any atom is -0.380 e. The van der Waals surface area contributed by atoms with E-state index in [9.17, 15) is 23.5 Å². The van der Waals surface area contributed by atoms with Gasteiger partial charge in [-0.15, -0.1) is 0 Å². The first-order valence-corrected chi connectivity index (χ1v) is 9.61. The third-order valence-corrected chi connectivity index (χ3v) is 6.51. The minimum atomic E-state index is -4.49. The summed E-state index contributed by atoms with van der Waals surface area (Å²) in [5.74, 6) is -1.36. The zero-order chi connectivity index (χ0) is 17.5. The third kappa shape index (κ3) is 3.32. The molecular weight excluding hydrogens is 336 g/mol. The van der Waals surface area contributed by atoms with E-state index < -0.39 is 25.3 Å². The van der Waals surface area contributed by atoms with Gasteiger partial charge in [0.05, 0.1) is 11.8 Å². The molecule has 1 saturated carbocycles. The number of carbonyl (C=O) groups is 1. The lowest BCUT2D eigenvalue weighted by Crippen LogP contribution is -2.58. The molecule has 132 valence electrons. The summed E-state index contributed by atoms with van der Waals surface area (Å²) < 4.78 is 30.6. The van der Waals surface area contributed by atoms with Crippen molar-refractivity contribution in [3.05, 3.63) is 35.6 Å². The second-order valence-electron chi connectivity index (χ2n) is 6.51. The van der Waals surface area contributed by atoms with E-state index in [1.165, 1.54) is 19.2 Å². The van der Waals surface area contributed by atoms with Crippen LogP contribution in [0.5, 0.6) is 0 Å². The lowest BCUT2D eigenvalue weighted by Gasteiger charge is -2.46. The molecule has 2 fully saturated rings. The molecule has 24 heavy (non-hydrogen) atoms. The number of rotatable bonds is 3. The first-order valence-electron chi connectivity index (χ1n) is 7.93. The molecule has 5 unspecified atom stereocenters. The highest BCUT2D eigenvalue weighted by atomic mass is 31.2. The molecule has 3 N–H and O–H groups in total. The number of hydrogen-bond acceptors (Lipinski definition) is 4. The molecule has 1 heterocycles. The van der Waals surface area contributed by atoms with E-state index in [1.54, 1.807) is 12.1 Å². The fourth-order valence-corrected chi connectivity index (χ4v) is 5.54. The molecule has 1 saturated heterocycles. The van der Waals surface area contributed by atoms with Gasteiger partial charge in [0.1, 0.15) is 11.6 Å². The summed E-state index contributed by atoms with van der Waals surface area (Å²) >= 11 is 0. The Morgan fingerprint density at radius 2 is 2.08 bits per heavy atom. The Hall–Kier alpha value is -1.11. The maximum Gasteiger partial charge on any atom is 0.332 e. The molecule has 0 aromatic heterocycles. The van der Waals surface area contributed by atoms with Crippen LogP contribution in [0.2, 0.25) is 0 Å². The largest absolute Gasteiger partial charge is 0.380 e. The molecule has 0 amide bonds. The number of nitrogens with one attached hydrogen (secondary N) is 1. The van der Waals surface area contributed by atoms with Gasteiger partial charge in [-0.3, -0.25) is 9.36 Å². The summed E-state index contributed by atoms with van der Waals surface area (Å²) in [6.45, 7) is 0. The number of ether oxygens (including phenoxy) is 1. The van der Waals surface area contributed by atoms with Crippen molar-refractivity contribution in [2.24, 2.45) is 5.92 Å². The predicted octanol–water partition coefficient (Wildman–Crippen LogP) is 1.77. The van der Waals surface area contributed by atoms with Gasteiger partial charge in [0, 0.05) is 31.5 Å². The average molecular weight is 357 g/mol. The van der Waals surface area contributed by atoms with E-state index in [4.69, 9.17) is 4.74 Å². The summed E-state index contributed by atoms with van der Waals surface area (Å²) in [4.78, 5) is 32.1. The molecule has 0 radical (unpaired) electrons. The van der Waals surface area contributed by atoms with Crippen molar-refractivity contribution in [3.8, 4) is 0 Å². The van der Waals surface area contributed by atoms with Crippen molar-refractivity contribution in [1.29, 1.82) is 0 Å². The van der Waals surface area contributed by atoms with Gasteiger partial charge in [0.15, 0.2) is 0 Å².